The normalized spacial score (nSPS) is 16.1. The van der Waals surface area contributed by atoms with Gasteiger partial charge in [-0.1, -0.05) is 0 Å². The van der Waals surface area contributed by atoms with Crippen LogP contribution in [0.4, 0.5) is 0 Å². The number of aliphatic hydroxyl groups is 2. The lowest BCUT2D eigenvalue weighted by Gasteiger charge is -2.26. The Balaban J connectivity index is 5.47. The molecule has 0 rings (SSSR count). The summed E-state index contributed by atoms with van der Waals surface area (Å²) in [6, 6.07) is -5.29. The molecule has 0 aromatic carbocycles. The number of nitrogens with zero attached hydrogens (tertiary/aromatic N) is 1. The molecule has 0 saturated heterocycles. The SMILES string of the molecule is CC(O)C(N)C(=O)NC(CCCN=C(N)N)C(=O)NC(C(=O)NC(CCCCN)C(=O)O)C(C)O. The summed E-state index contributed by atoms with van der Waals surface area (Å²) in [5.74, 6) is -4.00. The first kappa shape index (κ1) is 32.0. The quantitative estimate of drug-likeness (QED) is 0.0514. The van der Waals surface area contributed by atoms with Gasteiger partial charge in [-0.05, 0) is 52.5 Å². The van der Waals surface area contributed by atoms with Crippen molar-refractivity contribution in [3.63, 3.8) is 0 Å². The Morgan fingerprint density at radius 3 is 1.89 bits per heavy atom. The zero-order valence-corrected chi connectivity index (χ0v) is 20.1. The molecule has 0 aromatic heterocycles. The van der Waals surface area contributed by atoms with Crippen LogP contribution in [0.5, 0.6) is 0 Å². The first-order valence-corrected chi connectivity index (χ1v) is 11.3. The van der Waals surface area contributed by atoms with Gasteiger partial charge < -0.3 is 54.2 Å². The number of nitrogens with two attached hydrogens (primary N) is 4. The molecule has 0 aromatic rings. The van der Waals surface area contributed by atoms with Gasteiger partial charge in [0.2, 0.25) is 17.7 Å². The summed E-state index contributed by atoms with van der Waals surface area (Å²) in [5.41, 5.74) is 21.6. The predicted octanol–water partition coefficient (Wildman–Crippen LogP) is -4.20. The molecule has 3 amide bonds. The average Bonchev–Trinajstić information content (AvgIpc) is 2.77. The molecular formula is C20H40N8O7. The molecule has 202 valence electrons. The van der Waals surface area contributed by atoms with E-state index in [4.69, 9.17) is 22.9 Å². The van der Waals surface area contributed by atoms with Crippen molar-refractivity contribution < 1.29 is 34.5 Å². The lowest BCUT2D eigenvalue weighted by atomic mass is 10.1. The van der Waals surface area contributed by atoms with Gasteiger partial charge in [-0.15, -0.1) is 0 Å². The van der Waals surface area contributed by atoms with Crippen LogP contribution in [0.2, 0.25) is 0 Å². The molecule has 6 unspecified atom stereocenters. The summed E-state index contributed by atoms with van der Waals surface area (Å²) in [6.45, 7) is 3.05. The number of hydrogen-bond acceptors (Lipinski definition) is 9. The molecule has 0 fully saturated rings. The van der Waals surface area contributed by atoms with Crippen LogP contribution in [-0.2, 0) is 19.2 Å². The molecule has 0 radical (unpaired) electrons. The summed E-state index contributed by atoms with van der Waals surface area (Å²) in [6.07, 6.45) is -1.17. The minimum Gasteiger partial charge on any atom is -0.480 e. The molecule has 0 aliphatic carbocycles. The van der Waals surface area contributed by atoms with Gasteiger partial charge in [0.15, 0.2) is 5.96 Å². The number of carboxylic acids is 1. The maximum Gasteiger partial charge on any atom is 0.326 e. The van der Waals surface area contributed by atoms with E-state index in [-0.39, 0.29) is 31.8 Å². The third-order valence-electron chi connectivity index (χ3n) is 5.02. The number of carbonyl (C=O) groups excluding carboxylic acids is 3. The van der Waals surface area contributed by atoms with E-state index in [0.717, 1.165) is 0 Å². The highest BCUT2D eigenvalue weighted by atomic mass is 16.4. The fraction of sp³-hybridized carbons (Fsp3) is 0.750. The highest BCUT2D eigenvalue weighted by molar-refractivity contribution is 5.94. The summed E-state index contributed by atoms with van der Waals surface area (Å²) >= 11 is 0. The van der Waals surface area contributed by atoms with Crippen LogP contribution in [0.3, 0.4) is 0 Å². The van der Waals surface area contributed by atoms with Gasteiger partial charge in [0.05, 0.1) is 12.2 Å². The Hall–Kier alpha value is -3.01. The highest BCUT2D eigenvalue weighted by Gasteiger charge is 2.32. The van der Waals surface area contributed by atoms with Gasteiger partial charge >= 0.3 is 5.97 Å². The molecule has 14 N–H and O–H groups in total. The van der Waals surface area contributed by atoms with E-state index in [1.165, 1.54) is 13.8 Å². The summed E-state index contributed by atoms with van der Waals surface area (Å²) in [5, 5.41) is 36.0. The Bertz CT molecular complexity index is 728. The minimum atomic E-state index is -1.51. The number of aliphatic hydroxyl groups excluding tert-OH is 2. The molecule has 0 heterocycles. The van der Waals surface area contributed by atoms with Gasteiger partial charge in [0.25, 0.3) is 0 Å². The number of carbonyl (C=O) groups is 4. The van der Waals surface area contributed by atoms with E-state index in [2.05, 4.69) is 20.9 Å². The topological polar surface area (TPSA) is 282 Å². The molecule has 35 heavy (non-hydrogen) atoms. The standard InChI is InChI=1S/C20H40N8O7/c1-10(29)14(22)17(32)26-12(7-5-9-25-20(23)24)16(31)28-15(11(2)30)18(33)27-13(19(34)35)6-3-4-8-21/h10-15,29-30H,3-9,21-22H2,1-2H3,(H,26,32)(H,27,33)(H,28,31)(H,34,35)(H4,23,24,25). The second kappa shape index (κ2) is 16.6. The number of aliphatic imine (C=N–C) groups is 1. The Kier molecular flexibility index (Phi) is 15.2. The first-order valence-electron chi connectivity index (χ1n) is 11.3. The van der Waals surface area contributed by atoms with Gasteiger partial charge in [-0.3, -0.25) is 19.4 Å². The van der Waals surface area contributed by atoms with Gasteiger partial charge in [0, 0.05) is 6.54 Å². The molecular weight excluding hydrogens is 464 g/mol. The number of unbranched alkanes of at least 4 members (excludes halogenated alkanes) is 1. The van der Waals surface area contributed by atoms with E-state index in [1.54, 1.807) is 0 Å². The second-order valence-electron chi connectivity index (χ2n) is 8.19. The van der Waals surface area contributed by atoms with E-state index in [1.807, 2.05) is 0 Å². The Labute approximate surface area is 204 Å². The Morgan fingerprint density at radius 2 is 1.40 bits per heavy atom. The zero-order valence-electron chi connectivity index (χ0n) is 20.1. The number of hydrogen-bond donors (Lipinski definition) is 10. The van der Waals surface area contributed by atoms with Crippen LogP contribution in [0.15, 0.2) is 4.99 Å². The summed E-state index contributed by atoms with van der Waals surface area (Å²) in [7, 11) is 0. The fourth-order valence-electron chi connectivity index (χ4n) is 2.93. The number of carboxylic acid groups (broad SMARTS) is 1. The van der Waals surface area contributed by atoms with E-state index in [9.17, 15) is 34.5 Å². The van der Waals surface area contributed by atoms with Crippen molar-refractivity contribution in [3.05, 3.63) is 0 Å². The number of rotatable bonds is 17. The lowest BCUT2D eigenvalue weighted by Crippen LogP contribution is -2.60. The van der Waals surface area contributed by atoms with Gasteiger partial charge in [-0.2, -0.15) is 0 Å². The summed E-state index contributed by atoms with van der Waals surface area (Å²) < 4.78 is 0. The van der Waals surface area contributed by atoms with Crippen molar-refractivity contribution in [3.8, 4) is 0 Å². The molecule has 0 aliphatic heterocycles. The van der Waals surface area contributed by atoms with Crippen LogP contribution in [0.1, 0.15) is 46.0 Å². The van der Waals surface area contributed by atoms with Crippen LogP contribution >= 0.6 is 0 Å². The monoisotopic (exact) mass is 504 g/mol. The second-order valence-corrected chi connectivity index (χ2v) is 8.19. The number of guanidine groups is 1. The van der Waals surface area contributed by atoms with E-state index < -0.39 is 60.1 Å². The van der Waals surface area contributed by atoms with Crippen molar-refractivity contribution in [2.75, 3.05) is 13.1 Å². The number of amides is 3. The third kappa shape index (κ3) is 12.9. The van der Waals surface area contributed by atoms with Crippen LogP contribution in [0.25, 0.3) is 0 Å². The van der Waals surface area contributed by atoms with Crippen LogP contribution in [0, 0.1) is 0 Å². The van der Waals surface area contributed by atoms with E-state index >= 15 is 0 Å². The molecule has 0 bridgehead atoms. The van der Waals surface area contributed by atoms with Crippen molar-refractivity contribution in [2.45, 2.75) is 82.3 Å². The van der Waals surface area contributed by atoms with Gasteiger partial charge in [0.1, 0.15) is 24.2 Å². The fourth-order valence-corrected chi connectivity index (χ4v) is 2.93. The molecule has 6 atom stereocenters. The molecule has 15 heteroatoms. The minimum absolute atomic E-state index is 0.0336. The third-order valence-corrected chi connectivity index (χ3v) is 5.02. The molecule has 0 spiro atoms. The molecule has 0 aliphatic rings. The predicted molar refractivity (Wildman–Crippen MR) is 128 cm³/mol. The Morgan fingerprint density at radius 1 is 0.829 bits per heavy atom. The molecule has 15 nitrogen and oxygen atoms in total. The van der Waals surface area contributed by atoms with Crippen LogP contribution in [-0.4, -0.2) is 94.4 Å². The molecule has 0 saturated carbocycles. The summed E-state index contributed by atoms with van der Waals surface area (Å²) in [4.78, 5) is 53.2. The zero-order chi connectivity index (χ0) is 27.1. The van der Waals surface area contributed by atoms with Crippen LogP contribution < -0.4 is 38.9 Å². The van der Waals surface area contributed by atoms with Crippen molar-refractivity contribution >= 4 is 29.7 Å². The number of nitrogens with one attached hydrogen (secondary N) is 3. The lowest BCUT2D eigenvalue weighted by molar-refractivity contribution is -0.143. The smallest absolute Gasteiger partial charge is 0.326 e. The average molecular weight is 505 g/mol. The first-order chi connectivity index (χ1) is 16.3. The van der Waals surface area contributed by atoms with Crippen molar-refractivity contribution in [2.24, 2.45) is 27.9 Å². The number of aliphatic carboxylic acids is 1. The van der Waals surface area contributed by atoms with Gasteiger partial charge in [-0.25, -0.2) is 4.79 Å². The van der Waals surface area contributed by atoms with Crippen molar-refractivity contribution in [1.29, 1.82) is 0 Å². The van der Waals surface area contributed by atoms with Crippen molar-refractivity contribution in [1.82, 2.24) is 16.0 Å². The largest absolute Gasteiger partial charge is 0.480 e. The maximum absolute atomic E-state index is 12.9. The maximum atomic E-state index is 12.9. The van der Waals surface area contributed by atoms with E-state index in [0.29, 0.717) is 19.4 Å². The highest BCUT2D eigenvalue weighted by Crippen LogP contribution is 2.05.